The first kappa shape index (κ1) is 24.5. The van der Waals surface area contributed by atoms with E-state index in [0.717, 1.165) is 29.2 Å². The fraction of sp³-hybridized carbons (Fsp3) is 0.464. The van der Waals surface area contributed by atoms with Crippen LogP contribution in [-0.2, 0) is 18.3 Å². The number of fused-ring (bicyclic) bond motifs is 1. The molecule has 1 N–H and O–H groups in total. The Labute approximate surface area is 221 Å². The normalized spacial score (nSPS) is 20.3. The second-order valence-electron chi connectivity index (χ2n) is 10.7. The van der Waals surface area contributed by atoms with E-state index in [1.165, 1.54) is 19.3 Å². The van der Waals surface area contributed by atoms with Crippen LogP contribution >= 0.6 is 11.6 Å². The van der Waals surface area contributed by atoms with Crippen molar-refractivity contribution in [2.24, 2.45) is 13.0 Å². The summed E-state index contributed by atoms with van der Waals surface area (Å²) >= 11 is 6.70. The number of aryl methyl sites for hydroxylation is 1. The maximum Gasteiger partial charge on any atom is 0.258 e. The zero-order valence-corrected chi connectivity index (χ0v) is 21.8. The molecule has 6 rings (SSSR count). The van der Waals surface area contributed by atoms with Gasteiger partial charge >= 0.3 is 0 Å². The molecule has 2 atom stereocenters. The first-order valence-electron chi connectivity index (χ1n) is 12.9. The van der Waals surface area contributed by atoms with Crippen molar-refractivity contribution in [3.8, 4) is 0 Å². The average molecular weight is 524 g/mol. The molecule has 0 radical (unpaired) electrons. The Hall–Kier alpha value is -2.81. The molecule has 194 valence electrons. The molecular weight excluding hydrogens is 493 g/mol. The monoisotopic (exact) mass is 523 g/mol. The van der Waals surface area contributed by atoms with Crippen LogP contribution in [0.15, 0.2) is 42.7 Å². The van der Waals surface area contributed by atoms with E-state index in [4.69, 9.17) is 16.3 Å². The van der Waals surface area contributed by atoms with E-state index in [1.54, 1.807) is 22.8 Å². The maximum atomic E-state index is 15.8. The van der Waals surface area contributed by atoms with Gasteiger partial charge in [-0.05, 0) is 67.6 Å². The van der Waals surface area contributed by atoms with Crippen molar-refractivity contribution in [2.45, 2.75) is 50.4 Å². The van der Waals surface area contributed by atoms with Crippen LogP contribution in [0.1, 0.15) is 71.0 Å². The predicted molar refractivity (Wildman–Crippen MR) is 140 cm³/mol. The van der Waals surface area contributed by atoms with E-state index in [0.29, 0.717) is 28.6 Å². The van der Waals surface area contributed by atoms with Gasteiger partial charge < -0.3 is 19.5 Å². The number of rotatable bonds is 8. The SMILES string of the molecule is C[C@@H](NCC1CCC1)c1cc(Cl)c2c(c1)C(=O)N(c1cccc([C@H](c3nncn3C)C3(F)COC3)c1)C2. The van der Waals surface area contributed by atoms with Gasteiger partial charge in [0.05, 0.1) is 25.7 Å². The van der Waals surface area contributed by atoms with Gasteiger partial charge in [0, 0.05) is 34.9 Å². The molecule has 1 aliphatic carbocycles. The number of benzene rings is 2. The summed E-state index contributed by atoms with van der Waals surface area (Å²) in [4.78, 5) is 15.3. The van der Waals surface area contributed by atoms with E-state index in [2.05, 4.69) is 22.4 Å². The van der Waals surface area contributed by atoms with E-state index < -0.39 is 11.6 Å². The third-order valence-electron chi connectivity index (χ3n) is 8.17. The lowest BCUT2D eigenvalue weighted by Gasteiger charge is -2.40. The lowest BCUT2D eigenvalue weighted by molar-refractivity contribution is -0.139. The van der Waals surface area contributed by atoms with Gasteiger partial charge in [-0.15, -0.1) is 10.2 Å². The maximum absolute atomic E-state index is 15.8. The molecule has 2 aromatic carbocycles. The van der Waals surface area contributed by atoms with Crippen molar-refractivity contribution in [1.82, 2.24) is 20.1 Å². The Balaban J connectivity index is 1.28. The van der Waals surface area contributed by atoms with Crippen molar-refractivity contribution in [2.75, 3.05) is 24.7 Å². The van der Waals surface area contributed by atoms with Crippen LogP contribution in [0.4, 0.5) is 10.1 Å². The van der Waals surface area contributed by atoms with Crippen molar-refractivity contribution in [3.63, 3.8) is 0 Å². The average Bonchev–Trinajstić information content (AvgIpc) is 3.40. The Bertz CT molecular complexity index is 1340. The van der Waals surface area contributed by atoms with Gasteiger partial charge in [0.15, 0.2) is 5.67 Å². The Morgan fingerprint density at radius 2 is 2.05 bits per heavy atom. The zero-order valence-electron chi connectivity index (χ0n) is 21.1. The highest BCUT2D eigenvalue weighted by atomic mass is 35.5. The van der Waals surface area contributed by atoms with Gasteiger partial charge in [0.1, 0.15) is 12.2 Å². The first-order valence-corrected chi connectivity index (χ1v) is 13.3. The van der Waals surface area contributed by atoms with Crippen LogP contribution in [0.2, 0.25) is 5.02 Å². The van der Waals surface area contributed by atoms with Crippen LogP contribution in [0.5, 0.6) is 0 Å². The number of halogens is 2. The number of hydrogen-bond acceptors (Lipinski definition) is 5. The molecule has 37 heavy (non-hydrogen) atoms. The third kappa shape index (κ3) is 4.35. The number of nitrogens with zero attached hydrogens (tertiary/aromatic N) is 4. The number of hydrogen-bond donors (Lipinski definition) is 1. The molecule has 3 aromatic rings. The Kier molecular flexibility index (Phi) is 6.29. The predicted octanol–water partition coefficient (Wildman–Crippen LogP) is 4.95. The van der Waals surface area contributed by atoms with Crippen LogP contribution in [-0.4, -0.2) is 46.1 Å². The molecule has 3 aliphatic rings. The number of nitrogens with one attached hydrogen (secondary N) is 1. The standard InChI is InChI=1S/C28H31ClFN5O2/c1-17(31-12-18-5-3-6-18)20-10-22-23(24(29)11-20)13-35(27(22)36)21-8-4-7-19(9-21)25(28(30)14-37-15-28)26-33-32-16-34(26)2/h4,7-11,16-18,25,31H,3,5-6,12-15H2,1-2H3/t17-,25-/m1/s1. The summed E-state index contributed by atoms with van der Waals surface area (Å²) < 4.78 is 22.8. The molecule has 1 saturated carbocycles. The molecule has 0 unspecified atom stereocenters. The number of alkyl halides is 1. The lowest BCUT2D eigenvalue weighted by Crippen LogP contribution is -2.51. The molecule has 0 bridgehead atoms. The molecular formula is C28H31ClFN5O2. The van der Waals surface area contributed by atoms with E-state index >= 15 is 4.39 Å². The largest absolute Gasteiger partial charge is 0.375 e. The molecule has 1 amide bonds. The molecule has 7 nitrogen and oxygen atoms in total. The lowest BCUT2D eigenvalue weighted by atomic mass is 9.81. The van der Waals surface area contributed by atoms with Crippen molar-refractivity contribution >= 4 is 23.2 Å². The fourth-order valence-electron chi connectivity index (χ4n) is 5.57. The Morgan fingerprint density at radius 3 is 2.70 bits per heavy atom. The highest BCUT2D eigenvalue weighted by Crippen LogP contribution is 2.43. The van der Waals surface area contributed by atoms with Crippen molar-refractivity contribution in [1.29, 1.82) is 0 Å². The number of carbonyl (C=O) groups is 1. The van der Waals surface area contributed by atoms with Crippen LogP contribution in [0.3, 0.4) is 0 Å². The van der Waals surface area contributed by atoms with Crippen molar-refractivity contribution < 1.29 is 13.9 Å². The second-order valence-corrected chi connectivity index (χ2v) is 11.1. The van der Waals surface area contributed by atoms with Gasteiger partial charge in [-0.1, -0.05) is 30.2 Å². The molecule has 2 aliphatic heterocycles. The second kappa shape index (κ2) is 9.49. The number of aromatic nitrogens is 3. The van der Waals surface area contributed by atoms with Crippen LogP contribution < -0.4 is 10.2 Å². The van der Waals surface area contributed by atoms with Gasteiger partial charge in [-0.25, -0.2) is 4.39 Å². The summed E-state index contributed by atoms with van der Waals surface area (Å²) in [7, 11) is 1.80. The van der Waals surface area contributed by atoms with Gasteiger partial charge in [0.25, 0.3) is 5.91 Å². The van der Waals surface area contributed by atoms with Crippen LogP contribution in [0.25, 0.3) is 0 Å². The first-order chi connectivity index (χ1) is 17.8. The minimum Gasteiger partial charge on any atom is -0.375 e. The van der Waals surface area contributed by atoms with Gasteiger partial charge in [0.2, 0.25) is 0 Å². The summed E-state index contributed by atoms with van der Waals surface area (Å²) in [5.41, 5.74) is 2.31. The summed E-state index contributed by atoms with van der Waals surface area (Å²) in [5, 5.41) is 12.4. The molecule has 1 aromatic heterocycles. The van der Waals surface area contributed by atoms with E-state index in [1.807, 2.05) is 36.4 Å². The molecule has 1 saturated heterocycles. The van der Waals surface area contributed by atoms with Crippen LogP contribution in [0, 0.1) is 5.92 Å². The number of amides is 1. The fourth-order valence-corrected chi connectivity index (χ4v) is 5.86. The van der Waals surface area contributed by atoms with Gasteiger partial charge in [-0.3, -0.25) is 4.79 Å². The third-order valence-corrected chi connectivity index (χ3v) is 8.51. The topological polar surface area (TPSA) is 72.3 Å². The van der Waals surface area contributed by atoms with Gasteiger partial charge in [-0.2, -0.15) is 0 Å². The Morgan fingerprint density at radius 1 is 1.24 bits per heavy atom. The minimum absolute atomic E-state index is 0.00576. The number of carbonyl (C=O) groups excluding carboxylic acids is 1. The highest BCUT2D eigenvalue weighted by Gasteiger charge is 2.50. The molecule has 3 heterocycles. The quantitative estimate of drug-likeness (QED) is 0.452. The zero-order chi connectivity index (χ0) is 25.7. The molecule has 9 heteroatoms. The highest BCUT2D eigenvalue weighted by molar-refractivity contribution is 6.32. The summed E-state index contributed by atoms with van der Waals surface area (Å²) in [6.07, 6.45) is 5.45. The van der Waals surface area contributed by atoms with E-state index in [-0.39, 0.29) is 25.2 Å². The summed E-state index contributed by atoms with van der Waals surface area (Å²) in [6, 6.07) is 11.5. The molecule has 2 fully saturated rings. The summed E-state index contributed by atoms with van der Waals surface area (Å²) in [6.45, 7) is 3.46. The number of ether oxygens (including phenoxy) is 1. The smallest absolute Gasteiger partial charge is 0.258 e. The number of anilines is 1. The molecule has 0 spiro atoms. The minimum atomic E-state index is -1.59. The summed E-state index contributed by atoms with van der Waals surface area (Å²) in [5.74, 6) is 0.512. The van der Waals surface area contributed by atoms with E-state index in [9.17, 15) is 4.79 Å². The van der Waals surface area contributed by atoms with Crippen molar-refractivity contribution in [3.05, 3.63) is 75.8 Å².